The zero-order valence-electron chi connectivity index (χ0n) is 17.7. The van der Waals surface area contributed by atoms with E-state index in [-0.39, 0.29) is 22.6 Å². The number of carbonyl (C=O) groups excluding carboxylic acids is 2. The third kappa shape index (κ3) is 5.04. The van der Waals surface area contributed by atoms with Crippen LogP contribution in [0.1, 0.15) is 20.7 Å². The van der Waals surface area contributed by atoms with Crippen molar-refractivity contribution in [2.24, 2.45) is 0 Å². The number of nitrogens with zero attached hydrogens (tertiary/aromatic N) is 1. The number of amides is 2. The maximum atomic E-state index is 13.9. The van der Waals surface area contributed by atoms with E-state index in [1.165, 1.54) is 31.5 Å². The number of hydrogen-bond donors (Lipinski definition) is 2. The van der Waals surface area contributed by atoms with Gasteiger partial charge in [-0.2, -0.15) is 0 Å². The summed E-state index contributed by atoms with van der Waals surface area (Å²) in [4.78, 5) is 29.2. The van der Waals surface area contributed by atoms with Gasteiger partial charge in [-0.3, -0.25) is 14.6 Å². The highest BCUT2D eigenvalue weighted by atomic mass is 19.1. The molecular weight excluding hydrogens is 421 g/mol. The zero-order valence-corrected chi connectivity index (χ0v) is 17.7. The van der Waals surface area contributed by atoms with Gasteiger partial charge in [-0.25, -0.2) is 4.39 Å². The molecule has 2 amide bonds. The van der Waals surface area contributed by atoms with E-state index >= 15 is 0 Å². The van der Waals surface area contributed by atoms with Crippen LogP contribution in [-0.4, -0.2) is 23.9 Å². The van der Waals surface area contributed by atoms with Gasteiger partial charge in [0.05, 0.1) is 24.6 Å². The minimum Gasteiger partial charge on any atom is -0.496 e. The molecule has 1 aromatic heterocycles. The number of anilines is 2. The molecule has 0 bridgehead atoms. The molecular formula is C26H20FN3O3. The first-order valence-corrected chi connectivity index (χ1v) is 10.1. The van der Waals surface area contributed by atoms with Crippen LogP contribution in [0.2, 0.25) is 0 Å². The number of halogens is 1. The number of pyridine rings is 1. The van der Waals surface area contributed by atoms with Crippen LogP contribution in [0.3, 0.4) is 0 Å². The molecule has 4 aromatic rings. The van der Waals surface area contributed by atoms with Gasteiger partial charge in [-0.1, -0.05) is 42.5 Å². The lowest BCUT2D eigenvalue weighted by molar-refractivity contribution is 0.102. The fourth-order valence-electron chi connectivity index (χ4n) is 3.27. The number of ether oxygens (including phenoxy) is 1. The predicted molar refractivity (Wildman–Crippen MR) is 125 cm³/mol. The summed E-state index contributed by atoms with van der Waals surface area (Å²) in [5.41, 5.74) is 3.04. The van der Waals surface area contributed by atoms with Crippen molar-refractivity contribution in [1.82, 2.24) is 4.98 Å². The molecule has 4 rings (SSSR count). The molecule has 7 heteroatoms. The van der Waals surface area contributed by atoms with E-state index < -0.39 is 17.6 Å². The number of benzene rings is 3. The molecule has 0 radical (unpaired) electrons. The number of hydrogen-bond acceptors (Lipinski definition) is 4. The molecule has 2 N–H and O–H groups in total. The predicted octanol–water partition coefficient (Wildman–Crippen LogP) is 5.40. The Hall–Kier alpha value is -4.52. The highest BCUT2D eigenvalue weighted by molar-refractivity contribution is 6.10. The normalized spacial score (nSPS) is 10.4. The molecule has 0 unspecified atom stereocenters. The molecule has 0 aliphatic carbocycles. The summed E-state index contributed by atoms with van der Waals surface area (Å²) in [6.45, 7) is 0. The van der Waals surface area contributed by atoms with Crippen LogP contribution in [0.4, 0.5) is 15.8 Å². The fourth-order valence-corrected chi connectivity index (χ4v) is 3.27. The second kappa shape index (κ2) is 9.74. The third-order valence-electron chi connectivity index (χ3n) is 4.98. The van der Waals surface area contributed by atoms with Gasteiger partial charge in [0.25, 0.3) is 11.8 Å². The van der Waals surface area contributed by atoms with Gasteiger partial charge in [0.1, 0.15) is 5.75 Å². The maximum absolute atomic E-state index is 13.9. The summed E-state index contributed by atoms with van der Waals surface area (Å²) in [6.07, 6.45) is 2.36. The Morgan fingerprint density at radius 1 is 0.848 bits per heavy atom. The van der Waals surface area contributed by atoms with Crippen LogP contribution in [0.5, 0.6) is 5.75 Å². The highest BCUT2D eigenvalue weighted by Gasteiger charge is 2.17. The standard InChI is InChI=1S/C26H20FN3O3/c1-33-24-12-9-19(15-21(24)26(32)30-23-13-14-28-16-22(23)27)25(31)29-20-10-7-18(8-11-20)17-5-3-2-4-6-17/h2-16H,1H3,(H,29,31)(H,28,30,32). The van der Waals surface area contributed by atoms with Crippen LogP contribution >= 0.6 is 0 Å². The van der Waals surface area contributed by atoms with Gasteiger partial charge < -0.3 is 15.4 Å². The van der Waals surface area contributed by atoms with Gasteiger partial charge >= 0.3 is 0 Å². The van der Waals surface area contributed by atoms with Crippen molar-refractivity contribution in [3.63, 3.8) is 0 Å². The van der Waals surface area contributed by atoms with Crippen LogP contribution in [0.25, 0.3) is 11.1 Å². The summed E-state index contributed by atoms with van der Waals surface area (Å²) in [6, 6.07) is 23.2. The van der Waals surface area contributed by atoms with E-state index in [0.29, 0.717) is 5.69 Å². The maximum Gasteiger partial charge on any atom is 0.259 e. The van der Waals surface area contributed by atoms with Gasteiger partial charge in [-0.15, -0.1) is 0 Å². The Kier molecular flexibility index (Phi) is 6.40. The first kappa shape index (κ1) is 21.7. The van der Waals surface area contributed by atoms with Crippen molar-refractivity contribution in [1.29, 1.82) is 0 Å². The Bertz CT molecular complexity index is 1290. The van der Waals surface area contributed by atoms with Crippen molar-refractivity contribution in [3.8, 4) is 16.9 Å². The third-order valence-corrected chi connectivity index (χ3v) is 4.98. The van der Waals surface area contributed by atoms with E-state index in [2.05, 4.69) is 15.6 Å². The second-order valence-corrected chi connectivity index (χ2v) is 7.12. The Morgan fingerprint density at radius 3 is 2.27 bits per heavy atom. The van der Waals surface area contributed by atoms with E-state index in [4.69, 9.17) is 4.74 Å². The van der Waals surface area contributed by atoms with E-state index in [9.17, 15) is 14.0 Å². The van der Waals surface area contributed by atoms with Crippen molar-refractivity contribution in [2.75, 3.05) is 17.7 Å². The summed E-state index contributed by atoms with van der Waals surface area (Å²) >= 11 is 0. The van der Waals surface area contributed by atoms with Gasteiger partial charge in [0.15, 0.2) is 5.82 Å². The number of rotatable bonds is 6. The molecule has 0 aliphatic rings. The molecule has 1 heterocycles. The molecule has 0 fully saturated rings. The molecule has 0 spiro atoms. The van der Waals surface area contributed by atoms with E-state index in [1.807, 2.05) is 54.6 Å². The van der Waals surface area contributed by atoms with Gasteiger partial charge in [0.2, 0.25) is 0 Å². The average Bonchev–Trinajstić information content (AvgIpc) is 2.86. The molecule has 0 saturated heterocycles. The van der Waals surface area contributed by atoms with Gasteiger partial charge in [-0.05, 0) is 47.5 Å². The Balaban J connectivity index is 1.52. The minimum atomic E-state index is -0.669. The molecule has 0 atom stereocenters. The molecule has 0 saturated carbocycles. The first-order valence-electron chi connectivity index (χ1n) is 10.1. The molecule has 6 nitrogen and oxygen atoms in total. The van der Waals surface area contributed by atoms with Gasteiger partial charge in [0, 0.05) is 17.4 Å². The Morgan fingerprint density at radius 2 is 1.58 bits per heavy atom. The lowest BCUT2D eigenvalue weighted by Crippen LogP contribution is -2.17. The monoisotopic (exact) mass is 441 g/mol. The summed E-state index contributed by atoms with van der Waals surface area (Å²) in [5.74, 6) is -1.42. The molecule has 164 valence electrons. The summed E-state index contributed by atoms with van der Waals surface area (Å²) in [5, 5.41) is 5.29. The lowest BCUT2D eigenvalue weighted by atomic mass is 10.1. The summed E-state index contributed by atoms with van der Waals surface area (Å²) < 4.78 is 19.1. The van der Waals surface area contributed by atoms with Crippen LogP contribution in [0, 0.1) is 5.82 Å². The number of nitrogens with one attached hydrogen (secondary N) is 2. The van der Waals surface area contributed by atoms with Crippen molar-refractivity contribution in [2.45, 2.75) is 0 Å². The summed E-state index contributed by atoms with van der Waals surface area (Å²) in [7, 11) is 1.41. The number of aromatic nitrogens is 1. The Labute approximate surface area is 190 Å². The van der Waals surface area contributed by atoms with Crippen molar-refractivity contribution < 1.29 is 18.7 Å². The average molecular weight is 441 g/mol. The van der Waals surface area contributed by atoms with Crippen molar-refractivity contribution >= 4 is 23.2 Å². The second-order valence-electron chi connectivity index (χ2n) is 7.12. The van der Waals surface area contributed by atoms with E-state index in [0.717, 1.165) is 17.3 Å². The topological polar surface area (TPSA) is 80.3 Å². The molecule has 33 heavy (non-hydrogen) atoms. The van der Waals surface area contributed by atoms with E-state index in [1.54, 1.807) is 6.07 Å². The van der Waals surface area contributed by atoms with Crippen LogP contribution < -0.4 is 15.4 Å². The van der Waals surface area contributed by atoms with Crippen LogP contribution in [0.15, 0.2) is 91.3 Å². The fraction of sp³-hybridized carbons (Fsp3) is 0.0385. The lowest BCUT2D eigenvalue weighted by Gasteiger charge is -2.12. The number of methoxy groups -OCH3 is 1. The highest BCUT2D eigenvalue weighted by Crippen LogP contribution is 2.24. The molecule has 3 aromatic carbocycles. The van der Waals surface area contributed by atoms with Crippen LogP contribution in [-0.2, 0) is 0 Å². The minimum absolute atomic E-state index is 0.0228. The first-order chi connectivity index (χ1) is 16.0. The number of carbonyl (C=O) groups is 2. The molecule has 0 aliphatic heterocycles. The quantitative estimate of drug-likeness (QED) is 0.420. The smallest absolute Gasteiger partial charge is 0.259 e. The zero-order chi connectivity index (χ0) is 23.2. The van der Waals surface area contributed by atoms with Crippen molar-refractivity contribution in [3.05, 3.63) is 108 Å². The largest absolute Gasteiger partial charge is 0.496 e. The SMILES string of the molecule is COc1ccc(C(=O)Nc2ccc(-c3ccccc3)cc2)cc1C(=O)Nc1ccncc1F.